The van der Waals surface area contributed by atoms with Crippen molar-refractivity contribution in [1.29, 1.82) is 0 Å². The third kappa shape index (κ3) is 3.80. The molecule has 0 aliphatic carbocycles. The van der Waals surface area contributed by atoms with Gasteiger partial charge in [-0.15, -0.1) is 0 Å². The topological polar surface area (TPSA) is 105 Å². The van der Waals surface area contributed by atoms with Gasteiger partial charge in [-0.2, -0.15) is 0 Å². The van der Waals surface area contributed by atoms with Crippen molar-refractivity contribution in [2.75, 3.05) is 12.0 Å². The highest BCUT2D eigenvalue weighted by Crippen LogP contribution is 2.22. The minimum absolute atomic E-state index is 0.285. The van der Waals surface area contributed by atoms with Crippen LogP contribution in [0.3, 0.4) is 0 Å². The molecule has 8 heteroatoms. The monoisotopic (exact) mass is 379 g/mol. The number of hydrogen-bond donors (Lipinski definition) is 1. The number of urea groups is 1. The van der Waals surface area contributed by atoms with Gasteiger partial charge < -0.3 is 4.74 Å². The van der Waals surface area contributed by atoms with Crippen LogP contribution < -0.4 is 10.2 Å². The summed E-state index contributed by atoms with van der Waals surface area (Å²) in [4.78, 5) is 53.8. The number of anilines is 1. The highest BCUT2D eigenvalue weighted by atomic mass is 16.5. The number of barbiturate groups is 1. The van der Waals surface area contributed by atoms with E-state index in [2.05, 4.69) is 15.0 Å². The highest BCUT2D eigenvalue weighted by molar-refractivity contribution is 6.32. The molecule has 1 aliphatic rings. The van der Waals surface area contributed by atoms with E-state index in [0.717, 1.165) is 16.7 Å². The second kappa shape index (κ2) is 7.83. The van der Waals surface area contributed by atoms with Crippen LogP contribution in [0, 0.1) is 12.8 Å². The Bertz CT molecular complexity index is 999. The molecule has 0 radical (unpaired) electrons. The van der Waals surface area contributed by atoms with Gasteiger partial charge >= 0.3 is 12.0 Å². The Morgan fingerprint density at radius 3 is 2.61 bits per heavy atom. The zero-order chi connectivity index (χ0) is 20.3. The second-order valence-electron chi connectivity index (χ2n) is 6.10. The van der Waals surface area contributed by atoms with Crippen molar-refractivity contribution in [3.05, 3.63) is 59.7 Å². The van der Waals surface area contributed by atoms with Gasteiger partial charge in [-0.25, -0.2) is 14.5 Å². The summed E-state index contributed by atoms with van der Waals surface area (Å²) in [6.45, 7) is 1.83. The molecule has 1 atom stereocenters. The number of benzene rings is 2. The maximum Gasteiger partial charge on any atom is 0.337 e. The Morgan fingerprint density at radius 2 is 1.89 bits per heavy atom. The molecule has 0 aromatic heterocycles. The molecule has 0 saturated carbocycles. The van der Waals surface area contributed by atoms with Crippen LogP contribution >= 0.6 is 0 Å². The SMILES string of the molecule is COC(=O)c1cccc(N=C[C@H]2C(=O)NC(=O)N(c3cccc(C)c3)C2=O)c1. The molecule has 2 aromatic rings. The van der Waals surface area contributed by atoms with Gasteiger partial charge in [0, 0.05) is 6.21 Å². The fraction of sp³-hybridized carbons (Fsp3) is 0.150. The van der Waals surface area contributed by atoms with Gasteiger partial charge in [-0.1, -0.05) is 18.2 Å². The number of carbonyl (C=O) groups excluding carboxylic acids is 4. The molecular formula is C20H17N3O5. The first-order chi connectivity index (χ1) is 13.4. The number of aliphatic imine (C=N–C) groups is 1. The number of nitrogens with zero attached hydrogens (tertiary/aromatic N) is 2. The smallest absolute Gasteiger partial charge is 0.337 e. The van der Waals surface area contributed by atoms with Crippen molar-refractivity contribution >= 4 is 41.4 Å². The summed E-state index contributed by atoms with van der Waals surface area (Å²) >= 11 is 0. The number of nitrogens with one attached hydrogen (secondary N) is 1. The second-order valence-corrected chi connectivity index (χ2v) is 6.10. The third-order valence-corrected chi connectivity index (χ3v) is 4.10. The molecular weight excluding hydrogens is 362 g/mol. The quantitative estimate of drug-likeness (QED) is 0.499. The molecule has 2 aromatic carbocycles. The van der Waals surface area contributed by atoms with Crippen molar-refractivity contribution in [3.8, 4) is 0 Å². The Labute approximate surface area is 160 Å². The van der Waals surface area contributed by atoms with Gasteiger partial charge in [0.15, 0.2) is 5.92 Å². The molecule has 1 heterocycles. The number of amides is 4. The molecule has 142 valence electrons. The van der Waals surface area contributed by atoms with E-state index >= 15 is 0 Å². The fourth-order valence-electron chi connectivity index (χ4n) is 2.73. The maximum atomic E-state index is 12.8. The average Bonchev–Trinajstić information content (AvgIpc) is 2.67. The summed E-state index contributed by atoms with van der Waals surface area (Å²) in [5.74, 6) is -3.27. The highest BCUT2D eigenvalue weighted by Gasteiger charge is 2.40. The Morgan fingerprint density at radius 1 is 1.14 bits per heavy atom. The van der Waals surface area contributed by atoms with Gasteiger partial charge in [-0.05, 0) is 42.8 Å². The lowest BCUT2D eigenvalue weighted by Gasteiger charge is -2.28. The molecule has 3 rings (SSSR count). The van der Waals surface area contributed by atoms with Crippen molar-refractivity contribution in [2.45, 2.75) is 6.92 Å². The summed E-state index contributed by atoms with van der Waals surface area (Å²) in [6.07, 6.45) is 1.16. The van der Waals surface area contributed by atoms with Gasteiger partial charge in [0.2, 0.25) is 5.91 Å². The first kappa shape index (κ1) is 19.0. The number of ether oxygens (including phenoxy) is 1. The number of aryl methyl sites for hydroxylation is 1. The molecule has 28 heavy (non-hydrogen) atoms. The van der Waals surface area contributed by atoms with Crippen LogP contribution in [0.1, 0.15) is 15.9 Å². The Hall–Kier alpha value is -3.81. The normalized spacial score (nSPS) is 17.0. The van der Waals surface area contributed by atoms with Gasteiger partial charge in [0.05, 0.1) is 24.0 Å². The van der Waals surface area contributed by atoms with Gasteiger partial charge in [0.25, 0.3) is 5.91 Å². The van der Waals surface area contributed by atoms with E-state index in [1.165, 1.54) is 13.2 Å². The standard InChI is InChI=1S/C20H17N3O5/c1-12-5-3-8-15(9-12)23-18(25)16(17(24)22-20(23)27)11-21-14-7-4-6-13(10-14)19(26)28-2/h3-11,16H,1-2H3,(H,22,24,27)/t16-/m0/s1. The minimum atomic E-state index is -1.28. The zero-order valence-corrected chi connectivity index (χ0v) is 15.2. The summed E-state index contributed by atoms with van der Waals surface area (Å²) < 4.78 is 4.65. The lowest BCUT2D eigenvalue weighted by atomic mass is 10.1. The predicted octanol–water partition coefficient (Wildman–Crippen LogP) is 2.38. The number of hydrogen-bond acceptors (Lipinski definition) is 6. The van der Waals surface area contributed by atoms with E-state index in [9.17, 15) is 19.2 Å². The van der Waals surface area contributed by atoms with Crippen molar-refractivity contribution in [1.82, 2.24) is 5.32 Å². The van der Waals surface area contributed by atoms with Crippen LogP contribution in [0.4, 0.5) is 16.2 Å². The summed E-state index contributed by atoms with van der Waals surface area (Å²) in [5.41, 5.74) is 1.87. The number of rotatable bonds is 4. The molecule has 4 amide bonds. The van der Waals surface area contributed by atoms with Crippen molar-refractivity contribution in [3.63, 3.8) is 0 Å². The van der Waals surface area contributed by atoms with E-state index in [4.69, 9.17) is 0 Å². The number of carbonyl (C=O) groups is 4. The van der Waals surface area contributed by atoms with E-state index in [-0.39, 0.29) is 5.56 Å². The first-order valence-corrected chi connectivity index (χ1v) is 8.38. The van der Waals surface area contributed by atoms with Gasteiger partial charge in [-0.3, -0.25) is 19.9 Å². The van der Waals surface area contributed by atoms with Crippen LogP contribution in [0.25, 0.3) is 0 Å². The summed E-state index contributed by atoms with van der Waals surface area (Å²) in [5, 5.41) is 2.16. The first-order valence-electron chi connectivity index (χ1n) is 8.38. The molecule has 0 unspecified atom stereocenters. The van der Waals surface area contributed by atoms with Crippen LogP contribution in [0.5, 0.6) is 0 Å². The molecule has 8 nitrogen and oxygen atoms in total. The lowest BCUT2D eigenvalue weighted by Crippen LogP contribution is -2.58. The molecule has 0 bridgehead atoms. The van der Waals surface area contributed by atoms with Crippen LogP contribution in [-0.4, -0.2) is 37.1 Å². The lowest BCUT2D eigenvalue weighted by molar-refractivity contribution is -0.131. The Kier molecular flexibility index (Phi) is 5.30. The third-order valence-electron chi connectivity index (χ3n) is 4.10. The van der Waals surface area contributed by atoms with Crippen molar-refractivity contribution < 1.29 is 23.9 Å². The molecule has 0 spiro atoms. The number of imide groups is 2. The van der Waals surface area contributed by atoms with E-state index < -0.39 is 29.7 Å². The van der Waals surface area contributed by atoms with E-state index in [1.807, 2.05) is 13.0 Å². The molecule has 1 N–H and O–H groups in total. The fourth-order valence-corrected chi connectivity index (χ4v) is 2.73. The van der Waals surface area contributed by atoms with E-state index in [0.29, 0.717) is 11.4 Å². The Balaban J connectivity index is 1.88. The molecule has 1 saturated heterocycles. The number of esters is 1. The largest absolute Gasteiger partial charge is 0.465 e. The van der Waals surface area contributed by atoms with E-state index in [1.54, 1.807) is 36.4 Å². The predicted molar refractivity (Wildman–Crippen MR) is 102 cm³/mol. The minimum Gasteiger partial charge on any atom is -0.465 e. The maximum absolute atomic E-state index is 12.8. The van der Waals surface area contributed by atoms with Crippen molar-refractivity contribution in [2.24, 2.45) is 10.9 Å². The average molecular weight is 379 g/mol. The summed E-state index contributed by atoms with van der Waals surface area (Å²) in [7, 11) is 1.26. The summed E-state index contributed by atoms with van der Waals surface area (Å²) in [6, 6.07) is 12.2. The van der Waals surface area contributed by atoms with Crippen LogP contribution in [0.2, 0.25) is 0 Å². The molecule has 1 aliphatic heterocycles. The van der Waals surface area contributed by atoms with Crippen LogP contribution in [0.15, 0.2) is 53.5 Å². The number of methoxy groups -OCH3 is 1. The molecule has 1 fully saturated rings. The van der Waals surface area contributed by atoms with Crippen LogP contribution in [-0.2, 0) is 14.3 Å². The zero-order valence-electron chi connectivity index (χ0n) is 15.2. The van der Waals surface area contributed by atoms with Gasteiger partial charge in [0.1, 0.15) is 0 Å².